The Kier molecular flexibility index (Phi) is 6.50. The van der Waals surface area contributed by atoms with E-state index in [0.717, 1.165) is 5.56 Å². The van der Waals surface area contributed by atoms with Crippen molar-refractivity contribution in [1.82, 2.24) is 9.55 Å². The first kappa shape index (κ1) is 22.2. The van der Waals surface area contributed by atoms with E-state index in [0.29, 0.717) is 27.2 Å². The predicted molar refractivity (Wildman–Crippen MR) is 127 cm³/mol. The molecule has 1 amide bonds. The molecule has 9 heteroatoms. The summed E-state index contributed by atoms with van der Waals surface area (Å²) in [6, 6.07) is 14.2. The number of thiophene rings is 1. The van der Waals surface area contributed by atoms with Gasteiger partial charge in [-0.15, -0.1) is 11.3 Å². The second-order valence-corrected chi connectivity index (χ2v) is 7.93. The fourth-order valence-corrected chi connectivity index (χ4v) is 4.35. The maximum atomic E-state index is 12.8. The van der Waals surface area contributed by atoms with Crippen LogP contribution in [0.2, 0.25) is 0 Å². The van der Waals surface area contributed by atoms with E-state index >= 15 is 0 Å². The highest BCUT2D eigenvalue weighted by molar-refractivity contribution is 7.15. The number of methoxy groups -OCH3 is 1. The van der Waals surface area contributed by atoms with E-state index in [2.05, 4.69) is 10.3 Å². The number of carbonyl (C=O) groups is 2. The molecule has 8 nitrogen and oxygen atoms in total. The van der Waals surface area contributed by atoms with Crippen molar-refractivity contribution in [1.29, 1.82) is 0 Å². The van der Waals surface area contributed by atoms with Gasteiger partial charge in [-0.25, -0.2) is 9.78 Å². The first-order valence-electron chi connectivity index (χ1n) is 10.2. The Morgan fingerprint density at radius 2 is 1.88 bits per heavy atom. The quantitative estimate of drug-likeness (QED) is 0.417. The Morgan fingerprint density at radius 3 is 2.61 bits per heavy atom. The van der Waals surface area contributed by atoms with Crippen LogP contribution in [0.1, 0.15) is 17.3 Å². The first-order valence-corrected chi connectivity index (χ1v) is 11.1. The van der Waals surface area contributed by atoms with Gasteiger partial charge in [0.15, 0.2) is 0 Å². The topological polar surface area (TPSA) is 99.5 Å². The van der Waals surface area contributed by atoms with Crippen LogP contribution in [-0.2, 0) is 16.1 Å². The molecule has 0 spiro atoms. The molecule has 0 unspecified atom stereocenters. The Hall–Kier alpha value is -3.98. The molecule has 0 atom stereocenters. The zero-order valence-electron chi connectivity index (χ0n) is 18.0. The molecule has 33 heavy (non-hydrogen) atoms. The largest absolute Gasteiger partial charge is 0.497 e. The van der Waals surface area contributed by atoms with Gasteiger partial charge >= 0.3 is 5.97 Å². The van der Waals surface area contributed by atoms with Crippen LogP contribution in [0.4, 0.5) is 5.00 Å². The lowest BCUT2D eigenvalue weighted by Gasteiger charge is -2.10. The monoisotopic (exact) mass is 463 g/mol. The maximum absolute atomic E-state index is 12.8. The molecule has 0 saturated heterocycles. The van der Waals surface area contributed by atoms with Crippen molar-refractivity contribution >= 4 is 39.1 Å². The van der Waals surface area contributed by atoms with Gasteiger partial charge in [0.1, 0.15) is 22.9 Å². The van der Waals surface area contributed by atoms with Crippen LogP contribution in [0.5, 0.6) is 5.75 Å². The zero-order chi connectivity index (χ0) is 23.4. The summed E-state index contributed by atoms with van der Waals surface area (Å²) in [6.45, 7) is 1.67. The van der Waals surface area contributed by atoms with Crippen molar-refractivity contribution < 1.29 is 19.1 Å². The van der Waals surface area contributed by atoms with Gasteiger partial charge in [-0.05, 0) is 36.8 Å². The highest BCUT2D eigenvalue weighted by Gasteiger charge is 2.23. The van der Waals surface area contributed by atoms with Gasteiger partial charge in [-0.3, -0.25) is 14.2 Å². The second-order valence-electron chi connectivity index (χ2n) is 7.05. The third kappa shape index (κ3) is 4.63. The summed E-state index contributed by atoms with van der Waals surface area (Å²) in [7, 11) is 1.58. The summed E-state index contributed by atoms with van der Waals surface area (Å²) < 4.78 is 11.7. The van der Waals surface area contributed by atoms with Crippen LogP contribution in [0.15, 0.2) is 65.0 Å². The van der Waals surface area contributed by atoms with E-state index in [1.807, 2.05) is 12.1 Å². The van der Waals surface area contributed by atoms with Crippen LogP contribution >= 0.6 is 11.3 Å². The number of para-hydroxylation sites is 1. The van der Waals surface area contributed by atoms with E-state index in [4.69, 9.17) is 9.47 Å². The van der Waals surface area contributed by atoms with E-state index in [1.54, 1.807) is 55.8 Å². The van der Waals surface area contributed by atoms with Crippen LogP contribution in [-0.4, -0.2) is 35.1 Å². The SMILES string of the molecule is CCOC(=O)c1c(-c2ccc(OC)cc2)csc1NC(=O)Cn1cnc2ccccc2c1=O. The van der Waals surface area contributed by atoms with Gasteiger partial charge in [0, 0.05) is 10.9 Å². The molecule has 0 aliphatic carbocycles. The molecule has 0 fully saturated rings. The number of hydrogen-bond donors (Lipinski definition) is 1. The number of aromatic nitrogens is 2. The molecule has 0 aliphatic rings. The number of amides is 1. The van der Waals surface area contributed by atoms with Gasteiger partial charge in [0.2, 0.25) is 5.91 Å². The molecule has 4 rings (SSSR count). The minimum Gasteiger partial charge on any atom is -0.497 e. The number of hydrogen-bond acceptors (Lipinski definition) is 7. The Morgan fingerprint density at radius 1 is 1.12 bits per heavy atom. The zero-order valence-corrected chi connectivity index (χ0v) is 18.8. The Balaban J connectivity index is 1.62. The van der Waals surface area contributed by atoms with Gasteiger partial charge in [-0.1, -0.05) is 24.3 Å². The number of fused-ring (bicyclic) bond motifs is 1. The summed E-state index contributed by atoms with van der Waals surface area (Å²) in [4.78, 5) is 42.4. The summed E-state index contributed by atoms with van der Waals surface area (Å²) in [5.41, 5.74) is 1.94. The van der Waals surface area contributed by atoms with Crippen molar-refractivity contribution in [2.75, 3.05) is 19.0 Å². The highest BCUT2D eigenvalue weighted by atomic mass is 32.1. The van der Waals surface area contributed by atoms with E-state index in [-0.39, 0.29) is 24.3 Å². The summed E-state index contributed by atoms with van der Waals surface area (Å²) >= 11 is 1.21. The molecule has 2 aromatic heterocycles. The molecule has 4 aromatic rings. The predicted octanol–water partition coefficient (Wildman–Crippen LogP) is 3.95. The fraction of sp³-hybridized carbons (Fsp3) is 0.167. The summed E-state index contributed by atoms with van der Waals surface area (Å²) in [5, 5.41) is 5.32. The minimum absolute atomic E-state index is 0.197. The van der Waals surface area contributed by atoms with Crippen molar-refractivity contribution in [3.63, 3.8) is 0 Å². The molecule has 168 valence electrons. The normalized spacial score (nSPS) is 10.7. The minimum atomic E-state index is -0.538. The number of rotatable bonds is 7. The third-order valence-corrected chi connectivity index (χ3v) is 5.87. The smallest absolute Gasteiger partial charge is 0.341 e. The van der Waals surface area contributed by atoms with Crippen molar-refractivity contribution in [3.8, 4) is 16.9 Å². The summed E-state index contributed by atoms with van der Waals surface area (Å²) in [5.74, 6) is -0.304. The summed E-state index contributed by atoms with van der Waals surface area (Å²) in [6.07, 6.45) is 1.34. The lowest BCUT2D eigenvalue weighted by atomic mass is 10.0. The first-order chi connectivity index (χ1) is 16.0. The van der Waals surface area contributed by atoms with Crippen molar-refractivity contribution in [2.24, 2.45) is 0 Å². The van der Waals surface area contributed by atoms with E-state index in [1.165, 1.54) is 22.2 Å². The molecule has 1 N–H and O–H groups in total. The van der Waals surface area contributed by atoms with Crippen molar-refractivity contribution in [2.45, 2.75) is 13.5 Å². The van der Waals surface area contributed by atoms with Crippen LogP contribution in [0.3, 0.4) is 0 Å². The average Bonchev–Trinajstić information content (AvgIpc) is 3.24. The van der Waals surface area contributed by atoms with Crippen LogP contribution < -0.4 is 15.6 Å². The van der Waals surface area contributed by atoms with Gasteiger partial charge in [0.25, 0.3) is 5.56 Å². The van der Waals surface area contributed by atoms with Crippen LogP contribution in [0.25, 0.3) is 22.0 Å². The number of nitrogens with one attached hydrogen (secondary N) is 1. The number of anilines is 1. The molecule has 0 radical (unpaired) electrons. The van der Waals surface area contributed by atoms with E-state index in [9.17, 15) is 14.4 Å². The standard InChI is InChI=1S/C24H21N3O5S/c1-3-32-24(30)21-18(15-8-10-16(31-2)11-9-15)13-33-22(21)26-20(28)12-27-14-25-19-7-5-4-6-17(19)23(27)29/h4-11,13-14H,3,12H2,1-2H3,(H,26,28). The molecule has 2 heterocycles. The fourth-order valence-electron chi connectivity index (χ4n) is 3.38. The molecule has 0 saturated carbocycles. The number of ether oxygens (including phenoxy) is 2. The molecule has 0 bridgehead atoms. The number of esters is 1. The molecule has 2 aromatic carbocycles. The Bertz CT molecular complexity index is 1380. The average molecular weight is 464 g/mol. The lowest BCUT2D eigenvalue weighted by molar-refractivity contribution is -0.116. The maximum Gasteiger partial charge on any atom is 0.341 e. The number of nitrogens with zero attached hydrogens (tertiary/aromatic N) is 2. The molecular formula is C24H21N3O5S. The lowest BCUT2D eigenvalue weighted by Crippen LogP contribution is -2.28. The second kappa shape index (κ2) is 9.66. The van der Waals surface area contributed by atoms with Gasteiger partial charge in [0.05, 0.1) is 30.9 Å². The number of carbonyl (C=O) groups excluding carboxylic acids is 2. The highest BCUT2D eigenvalue weighted by Crippen LogP contribution is 2.36. The van der Waals surface area contributed by atoms with Gasteiger partial charge < -0.3 is 14.8 Å². The van der Waals surface area contributed by atoms with E-state index < -0.39 is 11.9 Å². The molecular weight excluding hydrogens is 442 g/mol. The van der Waals surface area contributed by atoms with Crippen molar-refractivity contribution in [3.05, 3.63) is 76.2 Å². The van der Waals surface area contributed by atoms with Gasteiger partial charge in [-0.2, -0.15) is 0 Å². The van der Waals surface area contributed by atoms with Crippen LogP contribution in [0, 0.1) is 0 Å². The molecule has 0 aliphatic heterocycles. The third-order valence-electron chi connectivity index (χ3n) is 4.97. The number of benzene rings is 2. The Labute approximate surface area is 193 Å².